The zero-order chi connectivity index (χ0) is 17.8. The van der Waals surface area contributed by atoms with Crippen molar-refractivity contribution in [1.29, 1.82) is 0 Å². The van der Waals surface area contributed by atoms with E-state index in [9.17, 15) is 0 Å². The normalized spacial score (nSPS) is 10.8. The fourth-order valence-electron chi connectivity index (χ4n) is 2.76. The molecule has 0 saturated heterocycles. The number of imidazole rings is 1. The second kappa shape index (κ2) is 7.49. The lowest BCUT2D eigenvalue weighted by atomic mass is 10.1. The molecule has 3 aromatic heterocycles. The van der Waals surface area contributed by atoms with Crippen LogP contribution in [-0.2, 0) is 6.42 Å². The first-order valence-corrected chi connectivity index (χ1v) is 9.38. The van der Waals surface area contributed by atoms with Crippen LogP contribution in [0.25, 0.3) is 21.8 Å². The maximum atomic E-state index is 4.43. The average molecular weight is 361 g/mol. The molecule has 130 valence electrons. The fourth-order valence-corrected chi connectivity index (χ4v) is 3.51. The summed E-state index contributed by atoms with van der Waals surface area (Å²) in [5, 5.41) is 14.0. The number of nitrogens with one attached hydrogen (secondary N) is 2. The van der Waals surface area contributed by atoms with Crippen molar-refractivity contribution in [2.75, 3.05) is 11.9 Å². The topological polar surface area (TPSA) is 66.5 Å². The van der Waals surface area contributed by atoms with Crippen LogP contribution in [0, 0.1) is 6.92 Å². The number of rotatable bonds is 6. The molecule has 0 fully saturated rings. The molecule has 4 aromatic rings. The van der Waals surface area contributed by atoms with E-state index in [0.717, 1.165) is 41.4 Å². The van der Waals surface area contributed by atoms with Crippen LogP contribution >= 0.6 is 11.3 Å². The van der Waals surface area contributed by atoms with Gasteiger partial charge in [0.05, 0.1) is 16.9 Å². The lowest BCUT2D eigenvalue weighted by Crippen LogP contribution is -2.07. The molecule has 0 aliphatic carbocycles. The zero-order valence-electron chi connectivity index (χ0n) is 14.4. The van der Waals surface area contributed by atoms with E-state index in [-0.39, 0.29) is 0 Å². The maximum Gasteiger partial charge on any atom is 0.148 e. The average Bonchev–Trinajstić information content (AvgIpc) is 3.34. The molecule has 0 spiro atoms. The number of hydrogen-bond donors (Lipinski definition) is 2. The van der Waals surface area contributed by atoms with E-state index in [1.807, 2.05) is 18.2 Å². The van der Waals surface area contributed by atoms with Gasteiger partial charge in [0.1, 0.15) is 11.5 Å². The van der Waals surface area contributed by atoms with Gasteiger partial charge in [-0.25, -0.2) is 4.98 Å². The van der Waals surface area contributed by atoms with Crippen molar-refractivity contribution in [1.82, 2.24) is 20.2 Å². The van der Waals surface area contributed by atoms with Crippen molar-refractivity contribution in [3.8, 4) is 21.8 Å². The minimum absolute atomic E-state index is 0.763. The van der Waals surface area contributed by atoms with Crippen LogP contribution in [0.2, 0.25) is 0 Å². The van der Waals surface area contributed by atoms with E-state index in [0.29, 0.717) is 0 Å². The van der Waals surface area contributed by atoms with Crippen LogP contribution in [0.15, 0.2) is 60.2 Å². The molecule has 0 atom stereocenters. The van der Waals surface area contributed by atoms with Crippen molar-refractivity contribution in [3.63, 3.8) is 0 Å². The molecule has 0 saturated carbocycles. The predicted molar refractivity (Wildman–Crippen MR) is 106 cm³/mol. The van der Waals surface area contributed by atoms with Gasteiger partial charge >= 0.3 is 0 Å². The summed E-state index contributed by atoms with van der Waals surface area (Å²) in [7, 11) is 0. The van der Waals surface area contributed by atoms with E-state index in [1.165, 1.54) is 10.4 Å². The van der Waals surface area contributed by atoms with Gasteiger partial charge in [0.2, 0.25) is 0 Å². The van der Waals surface area contributed by atoms with Crippen molar-refractivity contribution in [2.45, 2.75) is 13.3 Å². The third-order valence-electron chi connectivity index (χ3n) is 4.17. The third kappa shape index (κ3) is 3.65. The van der Waals surface area contributed by atoms with E-state index in [1.54, 1.807) is 17.7 Å². The summed E-state index contributed by atoms with van der Waals surface area (Å²) in [4.78, 5) is 8.85. The largest absolute Gasteiger partial charge is 0.368 e. The maximum absolute atomic E-state index is 4.43. The van der Waals surface area contributed by atoms with Crippen molar-refractivity contribution < 1.29 is 0 Å². The minimum Gasteiger partial charge on any atom is -0.368 e. The minimum atomic E-state index is 0.763. The Labute approximate surface area is 156 Å². The third-order valence-corrected chi connectivity index (χ3v) is 5.04. The molecule has 0 amide bonds. The van der Waals surface area contributed by atoms with Crippen molar-refractivity contribution in [3.05, 3.63) is 71.5 Å². The second-order valence-corrected chi connectivity index (χ2v) is 7.00. The molecule has 0 aliphatic heterocycles. The first-order valence-electron chi connectivity index (χ1n) is 8.50. The molecule has 6 heteroatoms. The highest BCUT2D eigenvalue weighted by Gasteiger charge is 2.09. The Kier molecular flexibility index (Phi) is 4.75. The smallest absolute Gasteiger partial charge is 0.148 e. The zero-order valence-corrected chi connectivity index (χ0v) is 15.3. The first kappa shape index (κ1) is 16.5. The molecule has 0 aliphatic rings. The molecule has 0 radical (unpaired) electrons. The number of nitrogens with zero attached hydrogens (tertiary/aromatic N) is 3. The Hall–Kier alpha value is -2.99. The molecule has 26 heavy (non-hydrogen) atoms. The Morgan fingerprint density at radius 1 is 1.04 bits per heavy atom. The van der Waals surface area contributed by atoms with Gasteiger partial charge in [-0.3, -0.25) is 0 Å². The Morgan fingerprint density at radius 3 is 2.65 bits per heavy atom. The van der Waals surface area contributed by atoms with Gasteiger partial charge in [-0.05, 0) is 30.5 Å². The Balaban J connectivity index is 1.37. The predicted octanol–water partition coefficient (Wildman–Crippen LogP) is 4.56. The number of H-pyrrole nitrogens is 1. The summed E-state index contributed by atoms with van der Waals surface area (Å²) in [6.45, 7) is 2.84. The van der Waals surface area contributed by atoms with E-state index in [4.69, 9.17) is 0 Å². The van der Waals surface area contributed by atoms with E-state index < -0.39 is 0 Å². The van der Waals surface area contributed by atoms with Gasteiger partial charge in [-0.15, -0.1) is 21.5 Å². The van der Waals surface area contributed by atoms with Gasteiger partial charge in [0.25, 0.3) is 0 Å². The molecule has 0 bridgehead atoms. The number of hydrogen-bond acceptors (Lipinski definition) is 5. The van der Waals surface area contributed by atoms with Crippen molar-refractivity contribution >= 4 is 17.2 Å². The monoisotopic (exact) mass is 361 g/mol. The summed E-state index contributed by atoms with van der Waals surface area (Å²) >= 11 is 1.70. The Bertz CT molecular complexity index is 956. The van der Waals surface area contributed by atoms with E-state index >= 15 is 0 Å². The lowest BCUT2D eigenvalue weighted by Gasteiger charge is -2.06. The number of thiophene rings is 1. The summed E-state index contributed by atoms with van der Waals surface area (Å²) in [5.74, 6) is 0.776. The van der Waals surface area contributed by atoms with Crippen LogP contribution in [0.3, 0.4) is 0 Å². The standard InChI is InChI=1S/C20H19N5S/c1-14-4-6-15(7-5-14)16-8-9-19(25-24-16)21-11-10-17-20(23-13-22-17)18-3-2-12-26-18/h2-9,12-13H,10-11H2,1H3,(H,21,25)(H,22,23). The van der Waals surface area contributed by atoms with E-state index in [2.05, 4.69) is 68.1 Å². The summed E-state index contributed by atoms with van der Waals surface area (Å²) in [6.07, 6.45) is 2.59. The summed E-state index contributed by atoms with van der Waals surface area (Å²) < 4.78 is 0. The molecule has 5 nitrogen and oxygen atoms in total. The molecule has 0 unspecified atom stereocenters. The highest BCUT2D eigenvalue weighted by Crippen LogP contribution is 2.25. The second-order valence-electron chi connectivity index (χ2n) is 6.05. The van der Waals surface area contributed by atoms with Crippen LogP contribution < -0.4 is 5.32 Å². The molecule has 1 aromatic carbocycles. The quantitative estimate of drug-likeness (QED) is 0.528. The van der Waals surface area contributed by atoms with Crippen LogP contribution in [0.1, 0.15) is 11.3 Å². The number of aromatic nitrogens is 4. The van der Waals surface area contributed by atoms with Gasteiger partial charge in [0, 0.05) is 24.2 Å². The van der Waals surface area contributed by atoms with Gasteiger partial charge in [0.15, 0.2) is 0 Å². The molecule has 3 heterocycles. The van der Waals surface area contributed by atoms with Gasteiger partial charge < -0.3 is 10.3 Å². The summed E-state index contributed by atoms with van der Waals surface area (Å²) in [5.41, 5.74) is 5.35. The highest BCUT2D eigenvalue weighted by atomic mass is 32.1. The number of anilines is 1. The van der Waals surface area contributed by atoms with Crippen LogP contribution in [0.5, 0.6) is 0 Å². The highest BCUT2D eigenvalue weighted by molar-refractivity contribution is 7.13. The first-order chi connectivity index (χ1) is 12.8. The van der Waals surface area contributed by atoms with Gasteiger partial charge in [-0.1, -0.05) is 35.9 Å². The summed E-state index contributed by atoms with van der Waals surface area (Å²) in [6, 6.07) is 16.4. The SMILES string of the molecule is Cc1ccc(-c2ccc(NCCc3[nH]cnc3-c3cccs3)nn2)cc1. The Morgan fingerprint density at radius 2 is 1.92 bits per heavy atom. The molecule has 2 N–H and O–H groups in total. The van der Waals surface area contributed by atoms with Gasteiger partial charge in [-0.2, -0.15) is 0 Å². The van der Waals surface area contributed by atoms with Crippen molar-refractivity contribution in [2.24, 2.45) is 0 Å². The van der Waals surface area contributed by atoms with Crippen LogP contribution in [0.4, 0.5) is 5.82 Å². The molecule has 4 rings (SSSR count). The van der Waals surface area contributed by atoms with Crippen LogP contribution in [-0.4, -0.2) is 26.7 Å². The number of benzene rings is 1. The lowest BCUT2D eigenvalue weighted by molar-refractivity contribution is 0.948. The fraction of sp³-hybridized carbons (Fsp3) is 0.150. The number of aromatic amines is 1. The number of aryl methyl sites for hydroxylation is 1. The molecular formula is C20H19N5S. The molecular weight excluding hydrogens is 342 g/mol.